The van der Waals surface area contributed by atoms with Gasteiger partial charge in [-0.15, -0.1) is 0 Å². The number of rotatable bonds is 4. The van der Waals surface area contributed by atoms with Gasteiger partial charge in [-0.25, -0.2) is 4.98 Å². The van der Waals surface area contributed by atoms with E-state index in [4.69, 9.17) is 11.6 Å². The number of hydrogen-bond donors (Lipinski definition) is 0. The average molecular weight is 412 g/mol. The van der Waals surface area contributed by atoms with Gasteiger partial charge >= 0.3 is 6.18 Å². The SMILES string of the molecule is CC(CC(=O)N1CCN(c2ncc(C(F)(F)F)cc2Cl)CC1)c1ccccc1. The van der Waals surface area contributed by atoms with Crippen LogP contribution in [0.5, 0.6) is 0 Å². The second-order valence-corrected chi connectivity index (χ2v) is 7.32. The molecule has 2 aromatic rings. The van der Waals surface area contributed by atoms with Crippen LogP contribution in [0.3, 0.4) is 0 Å². The number of carbonyl (C=O) groups excluding carboxylic acids is 1. The Hall–Kier alpha value is -2.28. The van der Waals surface area contributed by atoms with Crippen molar-refractivity contribution < 1.29 is 18.0 Å². The molecule has 1 atom stereocenters. The van der Waals surface area contributed by atoms with Crippen molar-refractivity contribution in [2.75, 3.05) is 31.1 Å². The molecule has 1 aromatic heterocycles. The lowest BCUT2D eigenvalue weighted by molar-refractivity contribution is -0.138. The molecule has 1 saturated heterocycles. The molecular weight excluding hydrogens is 391 g/mol. The van der Waals surface area contributed by atoms with Crippen molar-refractivity contribution in [3.8, 4) is 0 Å². The highest BCUT2D eigenvalue weighted by atomic mass is 35.5. The largest absolute Gasteiger partial charge is 0.417 e. The number of nitrogens with zero attached hydrogens (tertiary/aromatic N) is 3. The Morgan fingerprint density at radius 3 is 2.39 bits per heavy atom. The lowest BCUT2D eigenvalue weighted by Gasteiger charge is -2.36. The number of benzene rings is 1. The predicted octanol–water partition coefficient (Wildman–Crippen LogP) is 4.60. The average Bonchev–Trinajstić information content (AvgIpc) is 2.68. The Bertz CT molecular complexity index is 821. The molecule has 1 unspecified atom stereocenters. The van der Waals surface area contributed by atoms with Crippen LogP contribution in [0.2, 0.25) is 5.02 Å². The fourth-order valence-corrected chi connectivity index (χ4v) is 3.56. The summed E-state index contributed by atoms with van der Waals surface area (Å²) in [6.45, 7) is 3.95. The third-order valence-corrected chi connectivity index (χ3v) is 5.21. The molecule has 1 amide bonds. The molecule has 1 fully saturated rings. The molecule has 4 nitrogen and oxygen atoms in total. The summed E-state index contributed by atoms with van der Waals surface area (Å²) in [7, 11) is 0. The van der Waals surface area contributed by atoms with E-state index in [1.54, 1.807) is 4.90 Å². The Morgan fingerprint density at radius 2 is 1.82 bits per heavy atom. The molecule has 28 heavy (non-hydrogen) atoms. The van der Waals surface area contributed by atoms with E-state index < -0.39 is 11.7 Å². The number of halogens is 4. The summed E-state index contributed by atoms with van der Waals surface area (Å²) >= 11 is 6.02. The third kappa shape index (κ3) is 4.76. The minimum absolute atomic E-state index is 0.0349. The van der Waals surface area contributed by atoms with Gasteiger partial charge in [-0.3, -0.25) is 4.79 Å². The molecule has 0 spiro atoms. The number of alkyl halides is 3. The molecule has 0 saturated carbocycles. The van der Waals surface area contributed by atoms with Gasteiger partial charge < -0.3 is 9.80 Å². The second-order valence-electron chi connectivity index (χ2n) is 6.91. The molecule has 1 aliphatic rings. The van der Waals surface area contributed by atoms with Gasteiger partial charge in [0.25, 0.3) is 0 Å². The van der Waals surface area contributed by atoms with Gasteiger partial charge in [-0.05, 0) is 17.5 Å². The fraction of sp³-hybridized carbons (Fsp3) is 0.400. The maximum absolute atomic E-state index is 12.8. The molecular formula is C20H21ClF3N3O. The number of carbonyl (C=O) groups is 1. The van der Waals surface area contributed by atoms with Crippen LogP contribution >= 0.6 is 11.6 Å². The highest BCUT2D eigenvalue weighted by Crippen LogP contribution is 2.33. The summed E-state index contributed by atoms with van der Waals surface area (Å²) in [6, 6.07) is 10.8. The molecule has 0 aliphatic carbocycles. The molecule has 2 heterocycles. The van der Waals surface area contributed by atoms with Gasteiger partial charge in [0.15, 0.2) is 0 Å². The van der Waals surface area contributed by atoms with E-state index in [9.17, 15) is 18.0 Å². The van der Waals surface area contributed by atoms with E-state index in [-0.39, 0.29) is 16.8 Å². The van der Waals surface area contributed by atoms with Gasteiger partial charge in [0.05, 0.1) is 10.6 Å². The second kappa shape index (κ2) is 8.39. The minimum atomic E-state index is -4.48. The Kier molecular flexibility index (Phi) is 6.13. The number of amides is 1. The number of pyridine rings is 1. The summed E-state index contributed by atoms with van der Waals surface area (Å²) in [5.41, 5.74) is 0.250. The third-order valence-electron chi connectivity index (χ3n) is 4.93. The van der Waals surface area contributed by atoms with Crippen LogP contribution < -0.4 is 4.90 Å². The first kappa shape index (κ1) is 20.5. The number of aromatic nitrogens is 1. The lowest BCUT2D eigenvalue weighted by atomic mass is 9.97. The molecule has 1 aromatic carbocycles. The molecule has 8 heteroatoms. The number of hydrogen-bond acceptors (Lipinski definition) is 3. The van der Waals surface area contributed by atoms with E-state index in [1.165, 1.54) is 0 Å². The van der Waals surface area contributed by atoms with Crippen LogP contribution in [0.4, 0.5) is 19.0 Å². The Balaban J connectivity index is 1.58. The maximum atomic E-state index is 12.8. The zero-order valence-corrected chi connectivity index (χ0v) is 16.2. The van der Waals surface area contributed by atoms with Crippen molar-refractivity contribution in [3.05, 3.63) is 58.7 Å². The first-order chi connectivity index (χ1) is 13.3. The van der Waals surface area contributed by atoms with Crippen molar-refractivity contribution in [2.45, 2.75) is 25.4 Å². The van der Waals surface area contributed by atoms with Crippen molar-refractivity contribution in [1.82, 2.24) is 9.88 Å². The van der Waals surface area contributed by atoms with Crippen LogP contribution in [0, 0.1) is 0 Å². The predicted molar refractivity (Wildman–Crippen MR) is 103 cm³/mol. The minimum Gasteiger partial charge on any atom is -0.352 e. The van der Waals surface area contributed by atoms with Crippen molar-refractivity contribution in [2.24, 2.45) is 0 Å². The van der Waals surface area contributed by atoms with Crippen LogP contribution in [0.15, 0.2) is 42.6 Å². The van der Waals surface area contributed by atoms with Crippen LogP contribution in [-0.2, 0) is 11.0 Å². The quantitative estimate of drug-likeness (QED) is 0.738. The summed E-state index contributed by atoms with van der Waals surface area (Å²) < 4.78 is 38.3. The van der Waals surface area contributed by atoms with Crippen LogP contribution in [-0.4, -0.2) is 42.0 Å². The zero-order chi connectivity index (χ0) is 20.3. The summed E-state index contributed by atoms with van der Waals surface area (Å²) in [5, 5.41) is -0.0349. The van der Waals surface area contributed by atoms with E-state index >= 15 is 0 Å². The van der Waals surface area contributed by atoms with Gasteiger partial charge in [0.2, 0.25) is 5.91 Å². The summed E-state index contributed by atoms with van der Waals surface area (Å²) in [5.74, 6) is 0.514. The van der Waals surface area contributed by atoms with Gasteiger partial charge in [0, 0.05) is 38.8 Å². The first-order valence-electron chi connectivity index (χ1n) is 9.06. The van der Waals surface area contributed by atoms with Crippen molar-refractivity contribution >= 4 is 23.3 Å². The summed E-state index contributed by atoms with van der Waals surface area (Å²) in [6.07, 6.45) is -3.26. The number of piperazine rings is 1. The van der Waals surface area contributed by atoms with Crippen LogP contribution in [0.25, 0.3) is 0 Å². The molecule has 1 aliphatic heterocycles. The summed E-state index contributed by atoms with van der Waals surface area (Å²) in [4.78, 5) is 20.1. The topological polar surface area (TPSA) is 36.4 Å². The van der Waals surface area contributed by atoms with E-state index in [2.05, 4.69) is 4.98 Å². The van der Waals surface area contributed by atoms with E-state index in [1.807, 2.05) is 42.2 Å². The first-order valence-corrected chi connectivity index (χ1v) is 9.44. The lowest BCUT2D eigenvalue weighted by Crippen LogP contribution is -2.49. The number of anilines is 1. The van der Waals surface area contributed by atoms with Crippen molar-refractivity contribution in [1.29, 1.82) is 0 Å². The van der Waals surface area contributed by atoms with Crippen molar-refractivity contribution in [3.63, 3.8) is 0 Å². The normalized spacial score (nSPS) is 16.2. The molecule has 150 valence electrons. The molecule has 0 bridgehead atoms. The van der Waals surface area contributed by atoms with E-state index in [0.717, 1.165) is 17.8 Å². The molecule has 0 radical (unpaired) electrons. The highest BCUT2D eigenvalue weighted by molar-refractivity contribution is 6.33. The highest BCUT2D eigenvalue weighted by Gasteiger charge is 2.32. The zero-order valence-electron chi connectivity index (χ0n) is 15.4. The fourth-order valence-electron chi connectivity index (χ4n) is 3.28. The smallest absolute Gasteiger partial charge is 0.352 e. The van der Waals surface area contributed by atoms with Gasteiger partial charge in [0.1, 0.15) is 5.82 Å². The Morgan fingerprint density at radius 1 is 1.18 bits per heavy atom. The molecule has 0 N–H and O–H groups in total. The van der Waals surface area contributed by atoms with Gasteiger partial charge in [-0.1, -0.05) is 48.9 Å². The Labute approximate surface area is 166 Å². The van der Waals surface area contributed by atoms with Crippen LogP contribution in [0.1, 0.15) is 30.4 Å². The molecule has 3 rings (SSSR count). The standard InChI is InChI=1S/C20H21ClF3N3O/c1-14(15-5-3-2-4-6-15)11-18(28)26-7-9-27(10-8-26)19-17(21)12-16(13-25-19)20(22,23)24/h2-6,12-14H,7-11H2,1H3. The van der Waals surface area contributed by atoms with Gasteiger partial charge in [-0.2, -0.15) is 13.2 Å². The monoisotopic (exact) mass is 411 g/mol. The van der Waals surface area contributed by atoms with E-state index in [0.29, 0.717) is 38.4 Å². The maximum Gasteiger partial charge on any atom is 0.417 e.